The van der Waals surface area contributed by atoms with Gasteiger partial charge in [-0.05, 0) is 43.2 Å². The van der Waals surface area contributed by atoms with E-state index in [4.69, 9.17) is 9.72 Å². The zero-order chi connectivity index (χ0) is 21.8. The molecule has 2 atom stereocenters. The molecule has 166 valence electrons. The predicted octanol–water partition coefficient (Wildman–Crippen LogP) is 3.51. The van der Waals surface area contributed by atoms with Gasteiger partial charge in [-0.3, -0.25) is 9.69 Å². The molecule has 2 aromatic heterocycles. The van der Waals surface area contributed by atoms with Crippen molar-refractivity contribution in [3.63, 3.8) is 0 Å². The number of aromatic nitrogens is 2. The van der Waals surface area contributed by atoms with E-state index < -0.39 is 6.10 Å². The lowest BCUT2D eigenvalue weighted by atomic mass is 9.89. The van der Waals surface area contributed by atoms with Gasteiger partial charge >= 0.3 is 0 Å². The monoisotopic (exact) mass is 441 g/mol. The summed E-state index contributed by atoms with van der Waals surface area (Å²) in [5.74, 6) is 1.30. The number of aryl methyl sites for hydroxylation is 1. The number of hydrogen-bond acceptors (Lipinski definition) is 6. The molecule has 0 spiro atoms. The van der Waals surface area contributed by atoms with Crippen LogP contribution in [0.4, 0.5) is 0 Å². The number of nitrogens with one attached hydrogen (secondary N) is 1. The quantitative estimate of drug-likeness (QED) is 0.531. The van der Waals surface area contributed by atoms with Crippen LogP contribution >= 0.6 is 11.3 Å². The number of rotatable bonds is 9. The lowest BCUT2D eigenvalue weighted by molar-refractivity contribution is 0.0175. The number of benzene rings is 1. The van der Waals surface area contributed by atoms with Crippen molar-refractivity contribution in [3.8, 4) is 0 Å². The van der Waals surface area contributed by atoms with E-state index >= 15 is 0 Å². The summed E-state index contributed by atoms with van der Waals surface area (Å²) in [6.45, 7) is 6.61. The van der Waals surface area contributed by atoms with Crippen molar-refractivity contribution >= 4 is 21.6 Å². The van der Waals surface area contributed by atoms with Crippen molar-refractivity contribution in [1.82, 2.24) is 14.9 Å². The first-order chi connectivity index (χ1) is 15.0. The average Bonchev–Trinajstić information content (AvgIpc) is 3.10. The highest BCUT2D eigenvalue weighted by molar-refractivity contribution is 7.18. The highest BCUT2D eigenvalue weighted by Gasteiger charge is 2.23. The van der Waals surface area contributed by atoms with Gasteiger partial charge in [0.05, 0.1) is 24.6 Å². The second kappa shape index (κ2) is 10.0. The maximum absolute atomic E-state index is 12.9. The number of H-pyrrole nitrogens is 1. The van der Waals surface area contributed by atoms with Gasteiger partial charge in [0.25, 0.3) is 5.56 Å². The number of ether oxygens (including phenoxy) is 1. The van der Waals surface area contributed by atoms with Crippen molar-refractivity contribution in [2.24, 2.45) is 5.92 Å². The zero-order valence-corrected chi connectivity index (χ0v) is 19.1. The van der Waals surface area contributed by atoms with Crippen molar-refractivity contribution < 1.29 is 9.84 Å². The van der Waals surface area contributed by atoms with Gasteiger partial charge in [-0.1, -0.05) is 37.3 Å². The van der Waals surface area contributed by atoms with Crippen LogP contribution in [0.5, 0.6) is 0 Å². The minimum Gasteiger partial charge on any atom is -0.389 e. The van der Waals surface area contributed by atoms with E-state index in [0.29, 0.717) is 44.6 Å². The first kappa shape index (κ1) is 22.1. The Morgan fingerprint density at radius 2 is 2.13 bits per heavy atom. The van der Waals surface area contributed by atoms with Gasteiger partial charge in [-0.15, -0.1) is 11.3 Å². The Bertz CT molecular complexity index is 1060. The minimum absolute atomic E-state index is 0.0402. The Hall–Kier alpha value is -2.06. The summed E-state index contributed by atoms with van der Waals surface area (Å²) < 4.78 is 5.38. The van der Waals surface area contributed by atoms with E-state index in [9.17, 15) is 9.90 Å². The number of hydrogen-bond donors (Lipinski definition) is 2. The SMILES string of the molecule is CCOC[C@@H](O)CN(Cc1ccccc1)Cc1nc2sc3c(c2c(=O)[nH]1)CC[C@@H](C)C3. The van der Waals surface area contributed by atoms with Crippen molar-refractivity contribution in [2.75, 3.05) is 19.8 Å². The van der Waals surface area contributed by atoms with Crippen molar-refractivity contribution in [2.45, 2.75) is 52.3 Å². The lowest BCUT2D eigenvalue weighted by Crippen LogP contribution is -2.35. The van der Waals surface area contributed by atoms with Crippen LogP contribution in [0.2, 0.25) is 0 Å². The number of thiophene rings is 1. The second-order valence-corrected chi connectivity index (χ2v) is 9.60. The molecular weight excluding hydrogens is 410 g/mol. The molecular formula is C24H31N3O3S. The van der Waals surface area contributed by atoms with E-state index in [1.54, 1.807) is 11.3 Å². The maximum atomic E-state index is 12.9. The normalized spacial score (nSPS) is 17.2. The largest absolute Gasteiger partial charge is 0.389 e. The number of nitrogens with zero attached hydrogens (tertiary/aromatic N) is 2. The fourth-order valence-corrected chi connectivity index (χ4v) is 5.71. The lowest BCUT2D eigenvalue weighted by Gasteiger charge is -2.24. The van der Waals surface area contributed by atoms with Crippen LogP contribution in [0, 0.1) is 5.92 Å². The van der Waals surface area contributed by atoms with Crippen LogP contribution in [0.1, 0.15) is 42.1 Å². The molecule has 4 rings (SSSR count). The van der Waals surface area contributed by atoms with Crippen LogP contribution in [-0.2, 0) is 30.7 Å². The van der Waals surface area contributed by atoms with E-state index in [-0.39, 0.29) is 5.56 Å². The first-order valence-corrected chi connectivity index (χ1v) is 11.9. The molecule has 1 aromatic carbocycles. The Morgan fingerprint density at radius 3 is 2.90 bits per heavy atom. The molecule has 0 aliphatic heterocycles. The molecule has 3 aromatic rings. The number of aliphatic hydroxyl groups excluding tert-OH is 1. The summed E-state index contributed by atoms with van der Waals surface area (Å²) >= 11 is 1.67. The van der Waals surface area contributed by atoms with Crippen molar-refractivity contribution in [1.29, 1.82) is 0 Å². The molecule has 1 aliphatic rings. The molecule has 0 bridgehead atoms. The highest BCUT2D eigenvalue weighted by Crippen LogP contribution is 2.35. The molecule has 7 heteroatoms. The fourth-order valence-electron chi connectivity index (χ4n) is 4.31. The Labute approximate surface area is 186 Å². The highest BCUT2D eigenvalue weighted by atomic mass is 32.1. The molecule has 31 heavy (non-hydrogen) atoms. The van der Waals surface area contributed by atoms with Gasteiger partial charge in [0.15, 0.2) is 0 Å². The Morgan fingerprint density at radius 1 is 1.32 bits per heavy atom. The predicted molar refractivity (Wildman–Crippen MR) is 124 cm³/mol. The number of fused-ring (bicyclic) bond motifs is 3. The van der Waals surface area contributed by atoms with Crippen LogP contribution < -0.4 is 5.56 Å². The zero-order valence-electron chi connectivity index (χ0n) is 18.3. The van der Waals surface area contributed by atoms with Gasteiger partial charge in [0.1, 0.15) is 10.7 Å². The fraction of sp³-hybridized carbons (Fsp3) is 0.500. The summed E-state index contributed by atoms with van der Waals surface area (Å²) in [5.41, 5.74) is 2.31. The molecule has 0 fully saturated rings. The molecule has 0 saturated heterocycles. The average molecular weight is 442 g/mol. The molecule has 0 unspecified atom stereocenters. The van der Waals surface area contributed by atoms with Crippen molar-refractivity contribution in [3.05, 3.63) is 62.5 Å². The van der Waals surface area contributed by atoms with Gasteiger partial charge in [-0.2, -0.15) is 0 Å². The van der Waals surface area contributed by atoms with Crippen LogP contribution in [0.3, 0.4) is 0 Å². The van der Waals surface area contributed by atoms with E-state index in [1.807, 2.05) is 25.1 Å². The maximum Gasteiger partial charge on any atom is 0.259 e. The molecule has 1 aliphatic carbocycles. The third kappa shape index (κ3) is 5.41. The molecule has 0 radical (unpaired) electrons. The summed E-state index contributed by atoms with van der Waals surface area (Å²) in [4.78, 5) is 25.0. The first-order valence-electron chi connectivity index (χ1n) is 11.1. The van der Waals surface area contributed by atoms with E-state index in [1.165, 1.54) is 10.4 Å². The van der Waals surface area contributed by atoms with Crippen LogP contribution in [-0.4, -0.2) is 45.8 Å². The molecule has 2 heterocycles. The van der Waals surface area contributed by atoms with E-state index in [2.05, 4.69) is 28.9 Å². The summed E-state index contributed by atoms with van der Waals surface area (Å²) in [6.07, 6.45) is 2.52. The third-order valence-electron chi connectivity index (χ3n) is 5.82. The Kier molecular flexibility index (Phi) is 7.17. The number of aromatic amines is 1. The smallest absolute Gasteiger partial charge is 0.259 e. The summed E-state index contributed by atoms with van der Waals surface area (Å²) in [6, 6.07) is 10.1. The second-order valence-electron chi connectivity index (χ2n) is 8.51. The molecule has 0 saturated carbocycles. The molecule has 2 N–H and O–H groups in total. The van der Waals surface area contributed by atoms with Gasteiger partial charge < -0.3 is 14.8 Å². The molecule has 6 nitrogen and oxygen atoms in total. The summed E-state index contributed by atoms with van der Waals surface area (Å²) in [5, 5.41) is 11.2. The van der Waals surface area contributed by atoms with Gasteiger partial charge in [-0.25, -0.2) is 4.98 Å². The van der Waals surface area contributed by atoms with Gasteiger partial charge in [0.2, 0.25) is 0 Å². The minimum atomic E-state index is -0.602. The topological polar surface area (TPSA) is 78.5 Å². The molecule has 0 amide bonds. The van der Waals surface area contributed by atoms with Crippen LogP contribution in [0.15, 0.2) is 35.1 Å². The Balaban J connectivity index is 1.58. The van der Waals surface area contributed by atoms with E-state index in [0.717, 1.165) is 35.0 Å². The summed E-state index contributed by atoms with van der Waals surface area (Å²) in [7, 11) is 0. The number of aliphatic hydroxyl groups is 1. The third-order valence-corrected chi connectivity index (χ3v) is 6.97. The van der Waals surface area contributed by atoms with Crippen LogP contribution in [0.25, 0.3) is 10.2 Å². The standard InChI is InChI=1S/C24H31N3O3S/c1-3-30-15-18(28)13-27(12-17-7-5-4-6-8-17)14-21-25-23(29)22-19-10-9-16(2)11-20(19)31-24(22)26-21/h4-8,16,18,28H,3,9-15H2,1-2H3,(H,25,26,29)/t16-,18+/m1/s1. The van der Waals surface area contributed by atoms with Gasteiger partial charge in [0, 0.05) is 24.6 Å².